The third kappa shape index (κ3) is 4.00. The van der Waals surface area contributed by atoms with Gasteiger partial charge < -0.3 is 5.11 Å². The summed E-state index contributed by atoms with van der Waals surface area (Å²) in [6.45, 7) is 0.245. The van der Waals surface area contributed by atoms with E-state index in [1.165, 1.54) is 0 Å². The molecule has 1 unspecified atom stereocenters. The Morgan fingerprint density at radius 1 is 1.53 bits per heavy atom. The van der Waals surface area contributed by atoms with E-state index in [-0.39, 0.29) is 24.1 Å². The molecule has 1 atom stereocenters. The van der Waals surface area contributed by atoms with Crippen LogP contribution in [0.5, 0.6) is 0 Å². The van der Waals surface area contributed by atoms with Crippen LogP contribution in [0.1, 0.15) is 12.0 Å². The first-order chi connectivity index (χ1) is 8.96. The van der Waals surface area contributed by atoms with Gasteiger partial charge in [-0.2, -0.15) is 0 Å². The number of rotatable bonds is 5. The number of sulfone groups is 1. The zero-order chi connectivity index (χ0) is 13.9. The summed E-state index contributed by atoms with van der Waals surface area (Å²) in [5.74, 6) is -0.769. The van der Waals surface area contributed by atoms with Crippen LogP contribution < -0.4 is 0 Å². The number of pyridine rings is 1. The van der Waals surface area contributed by atoms with Gasteiger partial charge in [0.25, 0.3) is 0 Å². The third-order valence-electron chi connectivity index (χ3n) is 3.17. The third-order valence-corrected chi connectivity index (χ3v) is 4.92. The van der Waals surface area contributed by atoms with Gasteiger partial charge in [-0.15, -0.1) is 0 Å². The fourth-order valence-electron chi connectivity index (χ4n) is 2.28. The highest BCUT2D eigenvalue weighted by Crippen LogP contribution is 2.19. The average molecular weight is 284 g/mol. The van der Waals surface area contributed by atoms with Crippen LogP contribution in [0.4, 0.5) is 0 Å². The molecule has 0 radical (unpaired) electrons. The minimum absolute atomic E-state index is 0.0422. The van der Waals surface area contributed by atoms with Crippen LogP contribution in [0.25, 0.3) is 0 Å². The van der Waals surface area contributed by atoms with Gasteiger partial charge in [-0.05, 0) is 18.1 Å². The molecule has 2 rings (SSSR count). The lowest BCUT2D eigenvalue weighted by Crippen LogP contribution is -2.39. The Morgan fingerprint density at radius 2 is 2.32 bits per heavy atom. The van der Waals surface area contributed by atoms with E-state index in [0.717, 1.165) is 5.56 Å². The van der Waals surface area contributed by atoms with E-state index >= 15 is 0 Å². The molecule has 19 heavy (non-hydrogen) atoms. The maximum absolute atomic E-state index is 11.5. The van der Waals surface area contributed by atoms with Gasteiger partial charge in [0.2, 0.25) is 0 Å². The van der Waals surface area contributed by atoms with Crippen molar-refractivity contribution in [1.82, 2.24) is 9.88 Å². The van der Waals surface area contributed by atoms with Crippen molar-refractivity contribution in [1.29, 1.82) is 0 Å². The van der Waals surface area contributed by atoms with Gasteiger partial charge in [0.15, 0.2) is 9.84 Å². The topological polar surface area (TPSA) is 87.6 Å². The normalized spacial score (nSPS) is 21.6. The Bertz CT molecular complexity index is 544. The van der Waals surface area contributed by atoms with E-state index in [2.05, 4.69) is 4.98 Å². The fraction of sp³-hybridized carbons (Fsp3) is 0.500. The Labute approximate surface area is 112 Å². The number of nitrogens with zero attached hydrogens (tertiary/aromatic N) is 2. The van der Waals surface area contributed by atoms with E-state index in [9.17, 15) is 13.2 Å². The second-order valence-corrected chi connectivity index (χ2v) is 6.95. The number of carbonyl (C=O) groups is 1. The molecule has 1 aliphatic rings. The van der Waals surface area contributed by atoms with Crippen LogP contribution in [-0.2, 0) is 21.2 Å². The average Bonchev–Trinajstić information content (AvgIpc) is 2.70. The van der Waals surface area contributed by atoms with E-state index in [1.54, 1.807) is 23.4 Å². The minimum atomic E-state index is -3.02. The van der Waals surface area contributed by atoms with Gasteiger partial charge in [-0.25, -0.2) is 8.42 Å². The van der Waals surface area contributed by atoms with Crippen LogP contribution in [0.2, 0.25) is 0 Å². The molecule has 1 aliphatic heterocycles. The first-order valence-electron chi connectivity index (χ1n) is 6.01. The smallest absolute Gasteiger partial charge is 0.317 e. The first-order valence-corrected chi connectivity index (χ1v) is 7.83. The summed E-state index contributed by atoms with van der Waals surface area (Å²) in [7, 11) is -3.02. The van der Waals surface area contributed by atoms with Crippen molar-refractivity contribution in [2.24, 2.45) is 0 Å². The lowest BCUT2D eigenvalue weighted by atomic mass is 10.2. The zero-order valence-electron chi connectivity index (χ0n) is 10.4. The minimum Gasteiger partial charge on any atom is -0.480 e. The van der Waals surface area contributed by atoms with E-state index < -0.39 is 15.8 Å². The molecule has 0 amide bonds. The van der Waals surface area contributed by atoms with Crippen LogP contribution >= 0.6 is 0 Å². The molecular formula is C12H16N2O4S. The number of aliphatic carboxylic acids is 1. The van der Waals surface area contributed by atoms with Crippen molar-refractivity contribution in [2.75, 3.05) is 18.1 Å². The lowest BCUT2D eigenvalue weighted by molar-refractivity contribution is -0.139. The summed E-state index contributed by atoms with van der Waals surface area (Å²) < 4.78 is 23.0. The summed E-state index contributed by atoms with van der Waals surface area (Å²) in [6, 6.07) is 3.41. The number of carboxylic acids is 1. The summed E-state index contributed by atoms with van der Waals surface area (Å²) in [6.07, 6.45) is 3.80. The highest BCUT2D eigenvalue weighted by Gasteiger charge is 2.33. The molecule has 0 saturated carbocycles. The van der Waals surface area contributed by atoms with E-state index in [1.807, 2.05) is 6.07 Å². The number of hydrogen-bond acceptors (Lipinski definition) is 5. The second-order valence-electron chi connectivity index (χ2n) is 4.72. The van der Waals surface area contributed by atoms with Gasteiger partial charge in [-0.1, -0.05) is 6.07 Å². The van der Waals surface area contributed by atoms with Gasteiger partial charge in [-0.3, -0.25) is 14.7 Å². The van der Waals surface area contributed by atoms with Gasteiger partial charge in [0, 0.05) is 25.0 Å². The Balaban J connectivity index is 2.10. The molecule has 0 bridgehead atoms. The molecule has 7 heteroatoms. The van der Waals surface area contributed by atoms with Gasteiger partial charge in [0.1, 0.15) is 0 Å². The van der Waals surface area contributed by atoms with E-state index in [4.69, 9.17) is 5.11 Å². The SMILES string of the molecule is O=C(O)CN(Cc1cccnc1)C1CCS(=O)(=O)C1. The molecule has 1 saturated heterocycles. The fourth-order valence-corrected chi connectivity index (χ4v) is 4.04. The molecule has 104 valence electrons. The van der Waals surface area contributed by atoms with Crippen molar-refractivity contribution in [2.45, 2.75) is 19.0 Å². The molecule has 0 aromatic carbocycles. The highest BCUT2D eigenvalue weighted by molar-refractivity contribution is 7.91. The summed E-state index contributed by atoms with van der Waals surface area (Å²) in [5, 5.41) is 8.95. The molecule has 6 nitrogen and oxygen atoms in total. The lowest BCUT2D eigenvalue weighted by Gasteiger charge is -2.26. The predicted molar refractivity (Wildman–Crippen MR) is 69.3 cm³/mol. The summed E-state index contributed by atoms with van der Waals surface area (Å²) in [5.41, 5.74) is 0.882. The largest absolute Gasteiger partial charge is 0.480 e. The van der Waals surface area contributed by atoms with Crippen molar-refractivity contribution in [3.05, 3.63) is 30.1 Å². The maximum Gasteiger partial charge on any atom is 0.317 e. The summed E-state index contributed by atoms with van der Waals surface area (Å²) in [4.78, 5) is 16.6. The Morgan fingerprint density at radius 3 is 2.84 bits per heavy atom. The molecule has 1 N–H and O–H groups in total. The number of hydrogen-bond donors (Lipinski definition) is 1. The monoisotopic (exact) mass is 284 g/mol. The van der Waals surface area contributed by atoms with E-state index in [0.29, 0.717) is 13.0 Å². The molecular weight excluding hydrogens is 268 g/mol. The molecule has 1 aromatic heterocycles. The molecule has 1 aromatic rings. The Hall–Kier alpha value is -1.47. The van der Waals surface area contributed by atoms with Crippen LogP contribution in [0, 0.1) is 0 Å². The highest BCUT2D eigenvalue weighted by atomic mass is 32.2. The first kappa shape index (κ1) is 14.0. The number of aromatic nitrogens is 1. The van der Waals surface area contributed by atoms with Crippen LogP contribution in [0.3, 0.4) is 0 Å². The second kappa shape index (κ2) is 5.66. The quantitative estimate of drug-likeness (QED) is 0.828. The molecule has 0 aliphatic carbocycles. The molecule has 1 fully saturated rings. The van der Waals surface area contributed by atoms with Crippen molar-refractivity contribution in [3.8, 4) is 0 Å². The molecule has 0 spiro atoms. The van der Waals surface area contributed by atoms with Crippen molar-refractivity contribution >= 4 is 15.8 Å². The van der Waals surface area contributed by atoms with Crippen LogP contribution in [-0.4, -0.2) is 53.5 Å². The zero-order valence-corrected chi connectivity index (χ0v) is 11.2. The van der Waals surface area contributed by atoms with Crippen molar-refractivity contribution < 1.29 is 18.3 Å². The molecule has 2 heterocycles. The Kier molecular flexibility index (Phi) is 4.16. The predicted octanol–water partition coefficient (Wildman–Crippen LogP) is 0.155. The maximum atomic E-state index is 11.5. The summed E-state index contributed by atoms with van der Waals surface area (Å²) >= 11 is 0. The standard InChI is InChI=1S/C12H16N2O4S/c15-12(16)8-14(7-10-2-1-4-13-6-10)11-3-5-19(17,18)9-11/h1-2,4,6,11H,3,5,7-9H2,(H,15,16). The van der Waals surface area contributed by atoms with Gasteiger partial charge in [0.05, 0.1) is 18.1 Å². The van der Waals surface area contributed by atoms with Crippen molar-refractivity contribution in [3.63, 3.8) is 0 Å². The van der Waals surface area contributed by atoms with Crippen LogP contribution in [0.15, 0.2) is 24.5 Å². The number of carboxylic acid groups (broad SMARTS) is 1. The van der Waals surface area contributed by atoms with Gasteiger partial charge >= 0.3 is 5.97 Å².